The van der Waals surface area contributed by atoms with Gasteiger partial charge in [-0.3, -0.25) is 10.2 Å². The maximum atomic E-state index is 12.2. The standard InChI is InChI=1S/C15H11BrClNO.C8H11N3O/c16-10-3-1-9(2-4-10)14-8-15(19)12-7-11(17)5-6-13(12)18-14;1-6-2-4-7(5-3-6)10-8(12)11-9/h1-7,14,18H,8H2;2-5H,9H2,1H3,(H2,10,11,12). The Morgan fingerprint density at radius 2 is 1.77 bits per heavy atom. The Balaban J connectivity index is 0.000000196. The zero-order chi connectivity index (χ0) is 22.4. The molecule has 1 unspecified atom stereocenters. The number of anilines is 2. The van der Waals surface area contributed by atoms with Gasteiger partial charge >= 0.3 is 6.03 Å². The number of hydrogen-bond donors (Lipinski definition) is 4. The second kappa shape index (κ2) is 10.4. The van der Waals surface area contributed by atoms with Gasteiger partial charge < -0.3 is 10.6 Å². The first-order chi connectivity index (χ1) is 14.9. The molecular weight excluding hydrogens is 480 g/mol. The molecule has 0 radical (unpaired) electrons. The summed E-state index contributed by atoms with van der Waals surface area (Å²) in [5.74, 6) is 5.02. The van der Waals surface area contributed by atoms with E-state index in [0.717, 1.165) is 27.0 Å². The van der Waals surface area contributed by atoms with Crippen LogP contribution in [-0.2, 0) is 0 Å². The van der Waals surface area contributed by atoms with Gasteiger partial charge in [-0.25, -0.2) is 10.6 Å². The number of halogens is 2. The van der Waals surface area contributed by atoms with Crippen molar-refractivity contribution in [2.75, 3.05) is 10.6 Å². The number of carbonyl (C=O) groups excluding carboxylic acids is 2. The lowest BCUT2D eigenvalue weighted by molar-refractivity contribution is 0.0972. The molecule has 1 aliphatic rings. The summed E-state index contributed by atoms with van der Waals surface area (Å²) in [5.41, 5.74) is 6.50. The molecule has 5 N–H and O–H groups in total. The number of ketones is 1. The normalized spacial score (nSPS) is 14.5. The van der Waals surface area contributed by atoms with Gasteiger partial charge in [-0.05, 0) is 55.0 Å². The van der Waals surface area contributed by atoms with Crippen molar-refractivity contribution < 1.29 is 9.59 Å². The number of hydrogen-bond acceptors (Lipinski definition) is 4. The zero-order valence-electron chi connectivity index (χ0n) is 16.8. The summed E-state index contributed by atoms with van der Waals surface area (Å²) in [5, 5.41) is 6.53. The maximum absolute atomic E-state index is 12.2. The molecule has 1 atom stereocenters. The van der Waals surface area contributed by atoms with Gasteiger partial charge in [-0.2, -0.15) is 0 Å². The van der Waals surface area contributed by atoms with Crippen molar-refractivity contribution in [3.8, 4) is 0 Å². The van der Waals surface area contributed by atoms with Crippen LogP contribution in [0.5, 0.6) is 0 Å². The number of carbonyl (C=O) groups is 2. The van der Waals surface area contributed by atoms with E-state index in [4.69, 9.17) is 17.4 Å². The first-order valence-corrected chi connectivity index (χ1v) is 10.7. The summed E-state index contributed by atoms with van der Waals surface area (Å²) in [6, 6.07) is 20.4. The molecule has 3 aromatic carbocycles. The van der Waals surface area contributed by atoms with Crippen molar-refractivity contribution in [2.24, 2.45) is 5.84 Å². The fourth-order valence-electron chi connectivity index (χ4n) is 3.11. The number of amides is 2. The molecule has 31 heavy (non-hydrogen) atoms. The summed E-state index contributed by atoms with van der Waals surface area (Å²) in [6.07, 6.45) is 0.453. The molecule has 2 amide bonds. The van der Waals surface area contributed by atoms with Gasteiger partial charge in [0.25, 0.3) is 0 Å². The van der Waals surface area contributed by atoms with E-state index in [1.165, 1.54) is 0 Å². The Hall–Kier alpha value is -2.87. The minimum absolute atomic E-state index is 0.0225. The Bertz CT molecular complexity index is 1070. The quantitative estimate of drug-likeness (QED) is 0.202. The van der Waals surface area contributed by atoms with E-state index in [-0.39, 0.29) is 11.8 Å². The summed E-state index contributed by atoms with van der Waals surface area (Å²) in [4.78, 5) is 22.9. The number of rotatable bonds is 2. The third kappa shape index (κ3) is 6.30. The summed E-state index contributed by atoms with van der Waals surface area (Å²) in [6.45, 7) is 1.98. The van der Waals surface area contributed by atoms with Crippen molar-refractivity contribution in [1.29, 1.82) is 0 Å². The SMILES string of the molecule is Cc1ccc(NC(=O)NN)cc1.O=C1CC(c2ccc(Br)cc2)Nc2ccc(Cl)cc21. The maximum Gasteiger partial charge on any atom is 0.333 e. The van der Waals surface area contributed by atoms with Gasteiger partial charge in [0, 0.05) is 32.9 Å². The fourth-order valence-corrected chi connectivity index (χ4v) is 3.54. The van der Waals surface area contributed by atoms with Crippen LogP contribution < -0.4 is 21.9 Å². The van der Waals surface area contributed by atoms with Crippen LogP contribution in [-0.4, -0.2) is 11.8 Å². The number of nitrogens with one attached hydrogen (secondary N) is 3. The highest BCUT2D eigenvalue weighted by atomic mass is 79.9. The molecule has 0 saturated heterocycles. The average molecular weight is 502 g/mol. The lowest BCUT2D eigenvalue weighted by atomic mass is 9.92. The van der Waals surface area contributed by atoms with Gasteiger partial charge in [0.05, 0.1) is 6.04 Å². The molecule has 0 spiro atoms. The van der Waals surface area contributed by atoms with Crippen LogP contribution in [0, 0.1) is 6.92 Å². The average Bonchev–Trinajstić information content (AvgIpc) is 2.76. The number of nitrogens with two attached hydrogens (primary N) is 1. The molecular formula is C23H22BrClN4O2. The summed E-state index contributed by atoms with van der Waals surface area (Å²) >= 11 is 9.34. The van der Waals surface area contributed by atoms with Crippen molar-refractivity contribution in [3.05, 3.63) is 92.9 Å². The molecule has 0 fully saturated rings. The lowest BCUT2D eigenvalue weighted by Gasteiger charge is -2.26. The number of urea groups is 1. The van der Waals surface area contributed by atoms with Crippen LogP contribution in [0.15, 0.2) is 71.2 Å². The highest BCUT2D eigenvalue weighted by Gasteiger charge is 2.25. The van der Waals surface area contributed by atoms with Crippen LogP contribution in [0.3, 0.4) is 0 Å². The van der Waals surface area contributed by atoms with Crippen LogP contribution in [0.1, 0.15) is 33.9 Å². The van der Waals surface area contributed by atoms with Crippen LogP contribution in [0.25, 0.3) is 0 Å². The minimum atomic E-state index is -0.418. The molecule has 6 nitrogen and oxygen atoms in total. The van der Waals surface area contributed by atoms with E-state index in [0.29, 0.717) is 17.0 Å². The molecule has 0 aromatic heterocycles. The third-order valence-electron chi connectivity index (χ3n) is 4.71. The highest BCUT2D eigenvalue weighted by molar-refractivity contribution is 9.10. The summed E-state index contributed by atoms with van der Waals surface area (Å²) < 4.78 is 1.03. The largest absolute Gasteiger partial charge is 0.377 e. The Morgan fingerprint density at radius 1 is 1.10 bits per heavy atom. The van der Waals surface area contributed by atoms with Gasteiger partial charge in [0.2, 0.25) is 0 Å². The monoisotopic (exact) mass is 500 g/mol. The van der Waals surface area contributed by atoms with Crippen molar-refractivity contribution in [2.45, 2.75) is 19.4 Å². The molecule has 3 aromatic rings. The molecule has 4 rings (SSSR count). The number of fused-ring (bicyclic) bond motifs is 1. The predicted octanol–water partition coefficient (Wildman–Crippen LogP) is 5.83. The van der Waals surface area contributed by atoms with Crippen LogP contribution in [0.4, 0.5) is 16.2 Å². The van der Waals surface area contributed by atoms with Crippen LogP contribution in [0.2, 0.25) is 5.02 Å². The smallest absolute Gasteiger partial charge is 0.333 e. The van der Waals surface area contributed by atoms with Gasteiger partial charge in [0.1, 0.15) is 0 Å². The van der Waals surface area contributed by atoms with E-state index >= 15 is 0 Å². The lowest BCUT2D eigenvalue weighted by Crippen LogP contribution is -2.34. The van der Waals surface area contributed by atoms with Crippen LogP contribution >= 0.6 is 27.5 Å². The van der Waals surface area contributed by atoms with Crippen molar-refractivity contribution in [1.82, 2.24) is 5.43 Å². The first-order valence-electron chi connectivity index (χ1n) is 9.54. The topological polar surface area (TPSA) is 96.2 Å². The van der Waals surface area contributed by atoms with Gasteiger partial charge in [-0.1, -0.05) is 57.4 Å². The second-order valence-electron chi connectivity index (χ2n) is 7.03. The molecule has 0 bridgehead atoms. The van der Waals surface area contributed by atoms with Crippen molar-refractivity contribution >= 4 is 50.7 Å². The van der Waals surface area contributed by atoms with E-state index < -0.39 is 6.03 Å². The highest BCUT2D eigenvalue weighted by Crippen LogP contribution is 2.34. The predicted molar refractivity (Wildman–Crippen MR) is 128 cm³/mol. The molecule has 8 heteroatoms. The number of aryl methyl sites for hydroxylation is 1. The Morgan fingerprint density at radius 3 is 2.42 bits per heavy atom. The van der Waals surface area contributed by atoms with E-state index in [1.54, 1.807) is 12.1 Å². The van der Waals surface area contributed by atoms with Crippen molar-refractivity contribution in [3.63, 3.8) is 0 Å². The number of benzene rings is 3. The zero-order valence-corrected chi connectivity index (χ0v) is 19.1. The molecule has 0 aliphatic carbocycles. The van der Waals surface area contributed by atoms with E-state index in [2.05, 4.69) is 26.6 Å². The molecule has 160 valence electrons. The number of Topliss-reactive ketones (excluding diaryl/α,β-unsaturated/α-hetero) is 1. The van der Waals surface area contributed by atoms with Gasteiger partial charge in [-0.15, -0.1) is 0 Å². The van der Waals surface area contributed by atoms with E-state index in [9.17, 15) is 9.59 Å². The fraction of sp³-hybridized carbons (Fsp3) is 0.130. The molecule has 0 saturated carbocycles. The van der Waals surface area contributed by atoms with E-state index in [1.807, 2.05) is 66.9 Å². The minimum Gasteiger partial charge on any atom is -0.377 e. The second-order valence-corrected chi connectivity index (χ2v) is 8.38. The Kier molecular flexibility index (Phi) is 7.68. The number of hydrazine groups is 1. The molecule has 1 heterocycles. The Labute approximate surface area is 194 Å². The summed E-state index contributed by atoms with van der Waals surface area (Å²) in [7, 11) is 0. The molecule has 1 aliphatic heterocycles. The third-order valence-corrected chi connectivity index (χ3v) is 5.48. The first kappa shape index (κ1) is 22.8. The van der Waals surface area contributed by atoms with Gasteiger partial charge in [0.15, 0.2) is 5.78 Å².